The summed E-state index contributed by atoms with van der Waals surface area (Å²) in [7, 11) is 3.54. The maximum Gasteiger partial charge on any atom is 0.416 e. The molecule has 0 bridgehead atoms. The molecule has 0 spiro atoms. The van der Waals surface area contributed by atoms with Gasteiger partial charge in [-0.1, -0.05) is 72.8 Å². The van der Waals surface area contributed by atoms with Gasteiger partial charge in [0.05, 0.1) is 28.0 Å². The van der Waals surface area contributed by atoms with Crippen LogP contribution in [-0.4, -0.2) is 18.7 Å². The largest absolute Gasteiger partial charge is 0.416 e. The van der Waals surface area contributed by atoms with Crippen LogP contribution >= 0.6 is 0 Å². The van der Waals surface area contributed by atoms with E-state index in [0.717, 1.165) is 50.1 Å². The van der Waals surface area contributed by atoms with E-state index in [0.29, 0.717) is 11.4 Å². The monoisotopic (exact) mass is 506 g/mol. The zero-order valence-electron chi connectivity index (χ0n) is 21.0. The Hall–Kier alpha value is -4.51. The molecule has 5 aromatic carbocycles. The first-order valence-electron chi connectivity index (χ1n) is 12.4. The highest BCUT2D eigenvalue weighted by atomic mass is 19.4. The smallest absolute Gasteiger partial charge is 0.376 e. The van der Waals surface area contributed by atoms with Gasteiger partial charge in [0.25, 0.3) is 0 Å². The lowest BCUT2D eigenvalue weighted by Crippen LogP contribution is -2.15. The predicted octanol–water partition coefficient (Wildman–Crippen LogP) is 9.20. The fourth-order valence-corrected chi connectivity index (χ4v) is 5.15. The summed E-state index contributed by atoms with van der Waals surface area (Å²) in [6.45, 7) is 0. The average molecular weight is 507 g/mol. The molecular weight excluding hydrogens is 481 g/mol. The molecule has 5 heteroatoms. The third kappa shape index (κ3) is 4.10. The van der Waals surface area contributed by atoms with Crippen molar-refractivity contribution in [2.45, 2.75) is 6.18 Å². The first kappa shape index (κ1) is 23.9. The fraction of sp³-hybridized carbons (Fsp3) is 0.0909. The molecule has 6 rings (SSSR count). The number of benzene rings is 5. The first-order chi connectivity index (χ1) is 18.3. The molecule has 0 aliphatic heterocycles. The second kappa shape index (κ2) is 9.10. The fourth-order valence-electron chi connectivity index (χ4n) is 5.15. The maximum atomic E-state index is 13.6. The van der Waals surface area contributed by atoms with Gasteiger partial charge in [0.1, 0.15) is 0 Å². The second-order valence-electron chi connectivity index (χ2n) is 9.63. The molecule has 0 fully saturated rings. The SMILES string of the molecule is CN(C)c1cc(C(F)(F)F)ccc1-n1c2ccc(-c3ccccc3)cc2c2cc(-c3ccccc3)ccc21. The molecule has 1 heterocycles. The highest BCUT2D eigenvalue weighted by Gasteiger charge is 2.31. The predicted molar refractivity (Wildman–Crippen MR) is 151 cm³/mol. The van der Waals surface area contributed by atoms with Gasteiger partial charge in [0, 0.05) is 24.9 Å². The minimum Gasteiger partial charge on any atom is -0.376 e. The molecule has 0 aliphatic rings. The highest BCUT2D eigenvalue weighted by Crippen LogP contribution is 2.40. The lowest BCUT2D eigenvalue weighted by Gasteiger charge is -2.21. The lowest BCUT2D eigenvalue weighted by molar-refractivity contribution is -0.137. The summed E-state index contributed by atoms with van der Waals surface area (Å²) in [5, 5.41) is 2.09. The number of anilines is 1. The van der Waals surface area contributed by atoms with E-state index in [-0.39, 0.29) is 0 Å². The van der Waals surface area contributed by atoms with Gasteiger partial charge in [0.15, 0.2) is 0 Å². The zero-order chi connectivity index (χ0) is 26.4. The van der Waals surface area contributed by atoms with Crippen molar-refractivity contribution >= 4 is 27.5 Å². The van der Waals surface area contributed by atoms with Gasteiger partial charge < -0.3 is 9.47 Å². The topological polar surface area (TPSA) is 8.17 Å². The molecule has 0 unspecified atom stereocenters. The van der Waals surface area contributed by atoms with Gasteiger partial charge in [-0.3, -0.25) is 0 Å². The van der Waals surface area contributed by atoms with Crippen LogP contribution in [0, 0.1) is 0 Å². The van der Waals surface area contributed by atoms with E-state index in [9.17, 15) is 13.2 Å². The molecule has 0 N–H and O–H groups in total. The Morgan fingerprint density at radius 1 is 0.553 bits per heavy atom. The van der Waals surface area contributed by atoms with E-state index in [2.05, 4.69) is 65.2 Å². The Labute approximate surface area is 219 Å². The molecule has 0 saturated carbocycles. The summed E-state index contributed by atoms with van der Waals surface area (Å²) < 4.78 is 42.9. The van der Waals surface area contributed by atoms with Crippen molar-refractivity contribution in [1.82, 2.24) is 4.57 Å². The zero-order valence-corrected chi connectivity index (χ0v) is 21.0. The standard InChI is InChI=1S/C33H25F3N2/c1-37(2)32-21-26(33(34,35)36)15-18-31(32)38-29-16-13-24(22-9-5-3-6-10-22)19-27(29)28-20-25(14-17-30(28)38)23-11-7-4-8-12-23/h3-21H,1-2H3. The Kier molecular flexibility index (Phi) is 5.72. The average Bonchev–Trinajstić information content (AvgIpc) is 3.26. The van der Waals surface area contributed by atoms with Crippen LogP contribution in [0.4, 0.5) is 18.9 Å². The number of halogens is 3. The Morgan fingerprint density at radius 3 is 1.50 bits per heavy atom. The van der Waals surface area contributed by atoms with Crippen LogP contribution < -0.4 is 4.90 Å². The number of hydrogen-bond acceptors (Lipinski definition) is 1. The van der Waals surface area contributed by atoms with Crippen LogP contribution in [-0.2, 0) is 6.18 Å². The number of aromatic nitrogens is 1. The molecule has 1 aromatic heterocycles. The van der Waals surface area contributed by atoms with Crippen molar-refractivity contribution in [2.24, 2.45) is 0 Å². The summed E-state index contributed by atoms with van der Waals surface area (Å²) in [5.41, 5.74) is 6.80. The van der Waals surface area contributed by atoms with E-state index < -0.39 is 11.7 Å². The third-order valence-corrected chi connectivity index (χ3v) is 7.00. The first-order valence-corrected chi connectivity index (χ1v) is 12.4. The van der Waals surface area contributed by atoms with Crippen LogP contribution in [0.2, 0.25) is 0 Å². The minimum atomic E-state index is -4.42. The van der Waals surface area contributed by atoms with Gasteiger partial charge in [0.2, 0.25) is 0 Å². The van der Waals surface area contributed by atoms with Gasteiger partial charge in [-0.05, 0) is 64.7 Å². The molecule has 0 atom stereocenters. The van der Waals surface area contributed by atoms with Crippen molar-refractivity contribution in [1.29, 1.82) is 0 Å². The van der Waals surface area contributed by atoms with Crippen LogP contribution in [0.5, 0.6) is 0 Å². The van der Waals surface area contributed by atoms with Crippen molar-refractivity contribution in [3.63, 3.8) is 0 Å². The van der Waals surface area contributed by atoms with Gasteiger partial charge in [-0.2, -0.15) is 13.2 Å². The van der Waals surface area contributed by atoms with Gasteiger partial charge in [-0.15, -0.1) is 0 Å². The highest BCUT2D eigenvalue weighted by molar-refractivity contribution is 6.12. The van der Waals surface area contributed by atoms with Crippen LogP contribution in [0.3, 0.4) is 0 Å². The molecule has 0 aliphatic carbocycles. The molecule has 0 saturated heterocycles. The van der Waals surface area contributed by atoms with E-state index in [1.165, 1.54) is 6.07 Å². The van der Waals surface area contributed by atoms with Crippen LogP contribution in [0.15, 0.2) is 115 Å². The van der Waals surface area contributed by atoms with E-state index >= 15 is 0 Å². The Balaban J connectivity index is 1.67. The molecule has 6 aromatic rings. The summed E-state index contributed by atoms with van der Waals surface area (Å²) in [5.74, 6) is 0. The van der Waals surface area contributed by atoms with Crippen molar-refractivity contribution in [3.8, 4) is 27.9 Å². The van der Waals surface area contributed by atoms with Gasteiger partial charge >= 0.3 is 6.18 Å². The quantitative estimate of drug-likeness (QED) is 0.231. The number of nitrogens with zero attached hydrogens (tertiary/aromatic N) is 2. The number of fused-ring (bicyclic) bond motifs is 3. The van der Waals surface area contributed by atoms with Crippen molar-refractivity contribution in [2.75, 3.05) is 19.0 Å². The van der Waals surface area contributed by atoms with Crippen molar-refractivity contribution in [3.05, 3.63) is 121 Å². The molecule has 38 heavy (non-hydrogen) atoms. The van der Waals surface area contributed by atoms with Crippen LogP contribution in [0.25, 0.3) is 49.7 Å². The third-order valence-electron chi connectivity index (χ3n) is 7.00. The number of hydrogen-bond donors (Lipinski definition) is 0. The molecule has 0 radical (unpaired) electrons. The molecule has 0 amide bonds. The Bertz CT molecular complexity index is 1670. The van der Waals surface area contributed by atoms with E-state index in [1.54, 1.807) is 25.1 Å². The second-order valence-corrected chi connectivity index (χ2v) is 9.63. The maximum absolute atomic E-state index is 13.6. The molecule has 2 nitrogen and oxygen atoms in total. The van der Waals surface area contributed by atoms with E-state index in [1.807, 2.05) is 36.4 Å². The normalized spacial score (nSPS) is 11.8. The van der Waals surface area contributed by atoms with E-state index in [4.69, 9.17) is 0 Å². The molecular formula is C33H25F3N2. The Morgan fingerprint density at radius 2 is 1.05 bits per heavy atom. The number of rotatable bonds is 4. The summed E-state index contributed by atoms with van der Waals surface area (Å²) in [6.07, 6.45) is -4.42. The minimum absolute atomic E-state index is 0.498. The van der Waals surface area contributed by atoms with Crippen LogP contribution in [0.1, 0.15) is 5.56 Å². The molecule has 188 valence electrons. The summed E-state index contributed by atoms with van der Waals surface area (Å²) in [6, 6.07) is 37.0. The summed E-state index contributed by atoms with van der Waals surface area (Å²) in [4.78, 5) is 1.74. The lowest BCUT2D eigenvalue weighted by atomic mass is 10.0. The summed E-state index contributed by atoms with van der Waals surface area (Å²) >= 11 is 0. The number of alkyl halides is 3. The van der Waals surface area contributed by atoms with Crippen molar-refractivity contribution < 1.29 is 13.2 Å². The van der Waals surface area contributed by atoms with Gasteiger partial charge in [-0.25, -0.2) is 0 Å².